The first kappa shape index (κ1) is 13.8. The summed E-state index contributed by atoms with van der Waals surface area (Å²) >= 11 is 3.36. The molecule has 1 heterocycles. The molecule has 1 aromatic heterocycles. The van der Waals surface area contributed by atoms with Crippen LogP contribution in [0.25, 0.3) is 11.5 Å². The minimum Gasteiger partial charge on any atom is -0.507 e. The monoisotopic (exact) mass is 344 g/mol. The standard InChI is InChI=1S/C16H13BrN2O2/c17-12-7-8-14(20)13(10-12)16-18-15(19-21-16)9-6-11-4-2-1-3-5-11/h1-5,7-8,10,20H,6,9H2. The first-order valence-electron chi connectivity index (χ1n) is 6.58. The number of aromatic hydroxyl groups is 1. The van der Waals surface area contributed by atoms with Crippen molar-refractivity contribution in [3.05, 3.63) is 64.4 Å². The van der Waals surface area contributed by atoms with Gasteiger partial charge < -0.3 is 9.63 Å². The Labute approximate surface area is 130 Å². The first-order chi connectivity index (χ1) is 10.2. The molecule has 0 spiro atoms. The highest BCUT2D eigenvalue weighted by molar-refractivity contribution is 9.10. The molecule has 1 N–H and O–H groups in total. The normalized spacial score (nSPS) is 10.7. The molecule has 21 heavy (non-hydrogen) atoms. The average Bonchev–Trinajstić information content (AvgIpc) is 2.97. The van der Waals surface area contributed by atoms with Crippen molar-refractivity contribution in [2.45, 2.75) is 12.8 Å². The fourth-order valence-corrected chi connectivity index (χ4v) is 2.41. The molecule has 2 aromatic carbocycles. The van der Waals surface area contributed by atoms with Gasteiger partial charge >= 0.3 is 0 Å². The van der Waals surface area contributed by atoms with Crippen molar-refractivity contribution in [3.8, 4) is 17.2 Å². The van der Waals surface area contributed by atoms with E-state index in [1.807, 2.05) is 18.2 Å². The first-order valence-corrected chi connectivity index (χ1v) is 7.37. The van der Waals surface area contributed by atoms with E-state index < -0.39 is 0 Å². The van der Waals surface area contributed by atoms with Gasteiger partial charge in [-0.1, -0.05) is 51.4 Å². The number of aryl methyl sites for hydroxylation is 2. The van der Waals surface area contributed by atoms with Crippen LogP contribution in [0.3, 0.4) is 0 Å². The van der Waals surface area contributed by atoms with E-state index in [1.54, 1.807) is 18.2 Å². The van der Waals surface area contributed by atoms with Gasteiger partial charge in [0.1, 0.15) is 5.75 Å². The van der Waals surface area contributed by atoms with Gasteiger partial charge in [0.05, 0.1) is 5.56 Å². The Morgan fingerprint density at radius 2 is 1.86 bits per heavy atom. The van der Waals surface area contributed by atoms with E-state index in [4.69, 9.17) is 4.52 Å². The largest absolute Gasteiger partial charge is 0.507 e. The highest BCUT2D eigenvalue weighted by atomic mass is 79.9. The molecule has 106 valence electrons. The van der Waals surface area contributed by atoms with E-state index in [0.717, 1.165) is 10.9 Å². The van der Waals surface area contributed by atoms with E-state index in [1.165, 1.54) is 5.56 Å². The molecule has 4 nitrogen and oxygen atoms in total. The number of rotatable bonds is 4. The van der Waals surface area contributed by atoms with Gasteiger partial charge in [-0.15, -0.1) is 0 Å². The van der Waals surface area contributed by atoms with E-state index in [0.29, 0.717) is 23.7 Å². The summed E-state index contributed by atoms with van der Waals surface area (Å²) in [6.07, 6.45) is 1.55. The van der Waals surface area contributed by atoms with Crippen LogP contribution >= 0.6 is 15.9 Å². The lowest BCUT2D eigenvalue weighted by molar-refractivity contribution is 0.417. The number of nitrogens with zero attached hydrogens (tertiary/aromatic N) is 2. The molecule has 0 radical (unpaired) electrons. The Morgan fingerprint density at radius 3 is 2.67 bits per heavy atom. The molecule has 0 bridgehead atoms. The third-order valence-electron chi connectivity index (χ3n) is 3.14. The molecule has 0 amide bonds. The molecule has 3 aromatic rings. The van der Waals surface area contributed by atoms with Crippen LogP contribution in [0.4, 0.5) is 0 Å². The molecule has 0 aliphatic rings. The summed E-state index contributed by atoms with van der Waals surface area (Å²) in [6, 6.07) is 15.3. The molecule has 0 saturated heterocycles. The number of halogens is 1. The number of benzene rings is 2. The van der Waals surface area contributed by atoms with Crippen LogP contribution in [-0.4, -0.2) is 15.2 Å². The summed E-state index contributed by atoms with van der Waals surface area (Å²) in [5, 5.41) is 13.8. The predicted octanol–water partition coefficient (Wildman–Crippen LogP) is 3.99. The lowest BCUT2D eigenvalue weighted by atomic mass is 10.1. The van der Waals surface area contributed by atoms with Crippen molar-refractivity contribution in [1.29, 1.82) is 0 Å². The Hall–Kier alpha value is -2.14. The summed E-state index contributed by atoms with van der Waals surface area (Å²) in [5.74, 6) is 1.08. The van der Waals surface area contributed by atoms with Crippen LogP contribution in [0.5, 0.6) is 5.75 Å². The number of phenols is 1. The van der Waals surface area contributed by atoms with Gasteiger partial charge in [0.15, 0.2) is 5.82 Å². The quantitative estimate of drug-likeness (QED) is 0.777. The van der Waals surface area contributed by atoms with Crippen LogP contribution in [0.15, 0.2) is 57.5 Å². The fourth-order valence-electron chi connectivity index (χ4n) is 2.05. The Balaban J connectivity index is 1.76. The Morgan fingerprint density at radius 1 is 1.05 bits per heavy atom. The average molecular weight is 345 g/mol. The second-order valence-electron chi connectivity index (χ2n) is 4.66. The SMILES string of the molecule is Oc1ccc(Br)cc1-c1nc(CCc2ccccc2)no1. The lowest BCUT2D eigenvalue weighted by Crippen LogP contribution is -1.93. The molecular formula is C16H13BrN2O2. The van der Waals surface area contributed by atoms with Gasteiger partial charge in [-0.2, -0.15) is 4.98 Å². The summed E-state index contributed by atoms with van der Waals surface area (Å²) in [5.41, 5.74) is 1.76. The molecular weight excluding hydrogens is 332 g/mol. The van der Waals surface area contributed by atoms with Crippen molar-refractivity contribution >= 4 is 15.9 Å². The van der Waals surface area contributed by atoms with Crippen LogP contribution in [0.1, 0.15) is 11.4 Å². The summed E-state index contributed by atoms with van der Waals surface area (Å²) in [7, 11) is 0. The van der Waals surface area contributed by atoms with Crippen molar-refractivity contribution in [1.82, 2.24) is 10.1 Å². The maximum atomic E-state index is 9.86. The van der Waals surface area contributed by atoms with Crippen LogP contribution in [0, 0.1) is 0 Å². The van der Waals surface area contributed by atoms with Gasteiger partial charge in [0.2, 0.25) is 0 Å². The molecule has 3 rings (SSSR count). The van der Waals surface area contributed by atoms with Gasteiger partial charge in [-0.25, -0.2) is 0 Å². The van der Waals surface area contributed by atoms with E-state index in [2.05, 4.69) is 38.2 Å². The fraction of sp³-hybridized carbons (Fsp3) is 0.125. The van der Waals surface area contributed by atoms with Crippen LogP contribution < -0.4 is 0 Å². The van der Waals surface area contributed by atoms with Crippen LogP contribution in [0.2, 0.25) is 0 Å². The maximum Gasteiger partial charge on any atom is 0.261 e. The minimum absolute atomic E-state index is 0.122. The van der Waals surface area contributed by atoms with Gasteiger partial charge in [-0.3, -0.25) is 0 Å². The lowest BCUT2D eigenvalue weighted by Gasteiger charge is -1.99. The maximum absolute atomic E-state index is 9.86. The zero-order valence-corrected chi connectivity index (χ0v) is 12.7. The van der Waals surface area contributed by atoms with Crippen molar-refractivity contribution in [3.63, 3.8) is 0 Å². The van der Waals surface area contributed by atoms with Gasteiger partial charge in [0.25, 0.3) is 5.89 Å². The topological polar surface area (TPSA) is 59.2 Å². The van der Waals surface area contributed by atoms with Crippen molar-refractivity contribution in [2.24, 2.45) is 0 Å². The summed E-state index contributed by atoms with van der Waals surface area (Å²) < 4.78 is 6.08. The van der Waals surface area contributed by atoms with E-state index in [-0.39, 0.29) is 5.75 Å². The molecule has 5 heteroatoms. The number of aromatic nitrogens is 2. The smallest absolute Gasteiger partial charge is 0.261 e. The second-order valence-corrected chi connectivity index (χ2v) is 5.58. The number of hydrogen-bond acceptors (Lipinski definition) is 4. The molecule has 0 aliphatic heterocycles. The highest BCUT2D eigenvalue weighted by Gasteiger charge is 2.13. The molecule has 0 atom stereocenters. The third kappa shape index (κ3) is 3.31. The van der Waals surface area contributed by atoms with Crippen molar-refractivity contribution in [2.75, 3.05) is 0 Å². The highest BCUT2D eigenvalue weighted by Crippen LogP contribution is 2.30. The molecule has 0 aliphatic carbocycles. The summed E-state index contributed by atoms with van der Waals surface area (Å²) in [4.78, 5) is 4.34. The number of hydrogen-bond donors (Lipinski definition) is 1. The Bertz CT molecular complexity index is 741. The molecule has 0 saturated carbocycles. The number of phenolic OH excluding ortho intramolecular Hbond substituents is 1. The van der Waals surface area contributed by atoms with Crippen molar-refractivity contribution < 1.29 is 9.63 Å². The minimum atomic E-state index is 0.122. The summed E-state index contributed by atoms with van der Waals surface area (Å²) in [6.45, 7) is 0. The van der Waals surface area contributed by atoms with Crippen LogP contribution in [-0.2, 0) is 12.8 Å². The predicted molar refractivity (Wildman–Crippen MR) is 82.9 cm³/mol. The zero-order valence-electron chi connectivity index (χ0n) is 11.2. The van der Waals surface area contributed by atoms with E-state index in [9.17, 15) is 5.11 Å². The van der Waals surface area contributed by atoms with Gasteiger partial charge in [-0.05, 0) is 30.2 Å². The second kappa shape index (κ2) is 6.10. The molecule has 0 unspecified atom stereocenters. The van der Waals surface area contributed by atoms with E-state index >= 15 is 0 Å². The Kier molecular flexibility index (Phi) is 4.01. The third-order valence-corrected chi connectivity index (χ3v) is 3.63. The molecule has 0 fully saturated rings. The zero-order chi connectivity index (χ0) is 14.7. The van der Waals surface area contributed by atoms with Gasteiger partial charge in [0, 0.05) is 10.9 Å².